The predicted octanol–water partition coefficient (Wildman–Crippen LogP) is 0.313. The summed E-state index contributed by atoms with van der Waals surface area (Å²) in [5, 5.41) is 13.5. The molecule has 5 nitrogen and oxygen atoms in total. The topological polar surface area (TPSA) is 78.4 Å². The summed E-state index contributed by atoms with van der Waals surface area (Å²) >= 11 is 0. The van der Waals surface area contributed by atoms with Gasteiger partial charge in [0.2, 0.25) is 0 Å². The molecular weight excluding hydrogens is 172 g/mol. The van der Waals surface area contributed by atoms with E-state index in [0.29, 0.717) is 6.04 Å². The van der Waals surface area contributed by atoms with Gasteiger partial charge in [-0.15, -0.1) is 0 Å². The summed E-state index contributed by atoms with van der Waals surface area (Å²) in [5.74, 6) is -0.899. The van der Waals surface area contributed by atoms with Crippen molar-refractivity contribution < 1.29 is 14.7 Å². The van der Waals surface area contributed by atoms with Crippen LogP contribution in [0.3, 0.4) is 0 Å². The summed E-state index contributed by atoms with van der Waals surface area (Å²) in [6.45, 7) is 0.188. The molecule has 0 aromatic heterocycles. The molecule has 0 saturated heterocycles. The lowest BCUT2D eigenvalue weighted by Crippen LogP contribution is -2.45. The fourth-order valence-corrected chi connectivity index (χ4v) is 1.07. The Morgan fingerprint density at radius 3 is 2.54 bits per heavy atom. The number of carboxylic acid groups (broad SMARTS) is 1. The molecule has 2 amide bonds. The summed E-state index contributed by atoms with van der Waals surface area (Å²) in [6.07, 6.45) is 3.21. The van der Waals surface area contributed by atoms with Crippen molar-refractivity contribution in [2.24, 2.45) is 0 Å². The number of amides is 2. The van der Waals surface area contributed by atoms with E-state index in [2.05, 4.69) is 10.6 Å². The molecule has 0 atom stereocenters. The molecule has 0 aromatic rings. The first-order valence-electron chi connectivity index (χ1n) is 4.44. The average Bonchev–Trinajstić information content (AvgIpc) is 1.96. The number of hydrogen-bond acceptors (Lipinski definition) is 2. The molecule has 3 N–H and O–H groups in total. The van der Waals surface area contributed by atoms with Crippen molar-refractivity contribution in [2.45, 2.75) is 31.7 Å². The van der Waals surface area contributed by atoms with Crippen LogP contribution in [0.5, 0.6) is 0 Å². The Balaban J connectivity index is 2.00. The Labute approximate surface area is 76.5 Å². The zero-order chi connectivity index (χ0) is 9.68. The molecule has 0 radical (unpaired) electrons. The maximum atomic E-state index is 11.0. The highest BCUT2D eigenvalue weighted by Crippen LogP contribution is 2.17. The highest BCUT2D eigenvalue weighted by atomic mass is 16.4. The molecule has 0 aliphatic heterocycles. The number of carbonyl (C=O) groups excluding carboxylic acids is 1. The van der Waals surface area contributed by atoms with Crippen LogP contribution in [0, 0.1) is 0 Å². The first-order valence-corrected chi connectivity index (χ1v) is 4.44. The quantitative estimate of drug-likeness (QED) is 0.591. The van der Waals surface area contributed by atoms with Gasteiger partial charge in [-0.25, -0.2) is 4.79 Å². The number of urea groups is 1. The number of rotatable bonds is 4. The van der Waals surface area contributed by atoms with E-state index < -0.39 is 5.97 Å². The maximum absolute atomic E-state index is 11.0. The second-order valence-corrected chi connectivity index (χ2v) is 3.17. The molecule has 1 fully saturated rings. The molecule has 0 unspecified atom stereocenters. The Bertz CT molecular complexity index is 202. The third-order valence-corrected chi connectivity index (χ3v) is 2.06. The van der Waals surface area contributed by atoms with E-state index in [0.717, 1.165) is 12.8 Å². The molecule has 1 saturated carbocycles. The number of aliphatic carboxylic acids is 1. The Kier molecular flexibility index (Phi) is 3.54. The third kappa shape index (κ3) is 3.78. The van der Waals surface area contributed by atoms with Gasteiger partial charge in [0.25, 0.3) is 0 Å². The van der Waals surface area contributed by atoms with Gasteiger partial charge in [0.1, 0.15) is 0 Å². The van der Waals surface area contributed by atoms with E-state index in [9.17, 15) is 9.59 Å². The summed E-state index contributed by atoms with van der Waals surface area (Å²) in [4.78, 5) is 21.1. The van der Waals surface area contributed by atoms with Gasteiger partial charge in [-0.3, -0.25) is 4.79 Å². The normalized spacial score (nSPS) is 16.0. The van der Waals surface area contributed by atoms with Crippen LogP contribution >= 0.6 is 0 Å². The SMILES string of the molecule is O=C(O)CCNC(=O)NC1CCC1. The van der Waals surface area contributed by atoms with Crippen LogP contribution in [0.2, 0.25) is 0 Å². The van der Waals surface area contributed by atoms with Crippen molar-refractivity contribution in [1.82, 2.24) is 10.6 Å². The van der Waals surface area contributed by atoms with E-state index in [1.165, 1.54) is 6.42 Å². The van der Waals surface area contributed by atoms with Crippen LogP contribution in [0.15, 0.2) is 0 Å². The van der Waals surface area contributed by atoms with Gasteiger partial charge in [0.15, 0.2) is 0 Å². The lowest BCUT2D eigenvalue weighted by molar-refractivity contribution is -0.136. The maximum Gasteiger partial charge on any atom is 0.315 e. The van der Waals surface area contributed by atoms with Gasteiger partial charge < -0.3 is 15.7 Å². The first kappa shape index (κ1) is 9.83. The highest BCUT2D eigenvalue weighted by molar-refractivity contribution is 5.75. The Morgan fingerprint density at radius 2 is 2.08 bits per heavy atom. The smallest absolute Gasteiger partial charge is 0.315 e. The molecule has 1 aliphatic rings. The number of hydrogen-bond donors (Lipinski definition) is 3. The number of carboxylic acids is 1. The average molecular weight is 186 g/mol. The molecule has 0 spiro atoms. The highest BCUT2D eigenvalue weighted by Gasteiger charge is 2.18. The second-order valence-electron chi connectivity index (χ2n) is 3.17. The van der Waals surface area contributed by atoms with Crippen LogP contribution in [0.1, 0.15) is 25.7 Å². The van der Waals surface area contributed by atoms with Crippen LogP contribution < -0.4 is 10.6 Å². The van der Waals surface area contributed by atoms with Crippen LogP contribution in [-0.4, -0.2) is 29.7 Å². The molecular formula is C8H14N2O3. The van der Waals surface area contributed by atoms with Crippen molar-refractivity contribution >= 4 is 12.0 Å². The largest absolute Gasteiger partial charge is 0.481 e. The number of nitrogens with one attached hydrogen (secondary N) is 2. The van der Waals surface area contributed by atoms with Gasteiger partial charge in [0.05, 0.1) is 6.42 Å². The van der Waals surface area contributed by atoms with Crippen LogP contribution in [-0.2, 0) is 4.79 Å². The fourth-order valence-electron chi connectivity index (χ4n) is 1.07. The van der Waals surface area contributed by atoms with Gasteiger partial charge in [-0.1, -0.05) is 0 Å². The van der Waals surface area contributed by atoms with Crippen LogP contribution in [0.4, 0.5) is 4.79 Å². The molecule has 13 heavy (non-hydrogen) atoms. The standard InChI is InChI=1S/C8H14N2O3/c11-7(12)4-5-9-8(13)10-6-2-1-3-6/h6H,1-5H2,(H,11,12)(H2,9,10,13). The molecule has 5 heteroatoms. The summed E-state index contributed by atoms with van der Waals surface area (Å²) in [7, 11) is 0. The zero-order valence-corrected chi connectivity index (χ0v) is 7.38. The van der Waals surface area contributed by atoms with E-state index in [1.54, 1.807) is 0 Å². The van der Waals surface area contributed by atoms with Crippen molar-refractivity contribution in [2.75, 3.05) is 6.54 Å². The van der Waals surface area contributed by atoms with Gasteiger partial charge in [-0.2, -0.15) is 0 Å². The predicted molar refractivity (Wildman–Crippen MR) is 46.4 cm³/mol. The van der Waals surface area contributed by atoms with Gasteiger partial charge in [-0.05, 0) is 19.3 Å². The van der Waals surface area contributed by atoms with Crippen molar-refractivity contribution in [3.8, 4) is 0 Å². The lowest BCUT2D eigenvalue weighted by atomic mass is 9.93. The third-order valence-electron chi connectivity index (χ3n) is 2.06. The minimum Gasteiger partial charge on any atom is -0.481 e. The molecule has 0 bridgehead atoms. The minimum atomic E-state index is -0.899. The summed E-state index contributed by atoms with van der Waals surface area (Å²) in [5.41, 5.74) is 0. The lowest BCUT2D eigenvalue weighted by Gasteiger charge is -2.26. The molecule has 0 heterocycles. The minimum absolute atomic E-state index is 0.0297. The van der Waals surface area contributed by atoms with E-state index in [-0.39, 0.29) is 19.0 Å². The summed E-state index contributed by atoms with van der Waals surface area (Å²) < 4.78 is 0. The molecule has 1 aliphatic carbocycles. The fraction of sp³-hybridized carbons (Fsp3) is 0.750. The van der Waals surface area contributed by atoms with E-state index in [4.69, 9.17) is 5.11 Å². The van der Waals surface area contributed by atoms with Crippen molar-refractivity contribution in [1.29, 1.82) is 0 Å². The van der Waals surface area contributed by atoms with E-state index in [1.807, 2.05) is 0 Å². The van der Waals surface area contributed by atoms with Crippen molar-refractivity contribution in [3.05, 3.63) is 0 Å². The molecule has 0 aromatic carbocycles. The second kappa shape index (κ2) is 4.69. The van der Waals surface area contributed by atoms with E-state index >= 15 is 0 Å². The van der Waals surface area contributed by atoms with Crippen LogP contribution in [0.25, 0.3) is 0 Å². The number of carbonyl (C=O) groups is 2. The first-order chi connectivity index (χ1) is 6.18. The molecule has 1 rings (SSSR count). The Hall–Kier alpha value is -1.26. The van der Waals surface area contributed by atoms with Crippen molar-refractivity contribution in [3.63, 3.8) is 0 Å². The monoisotopic (exact) mass is 186 g/mol. The van der Waals surface area contributed by atoms with Gasteiger partial charge in [0, 0.05) is 12.6 Å². The van der Waals surface area contributed by atoms with Gasteiger partial charge >= 0.3 is 12.0 Å². The Morgan fingerprint density at radius 1 is 1.38 bits per heavy atom. The molecule has 74 valence electrons. The zero-order valence-electron chi connectivity index (χ0n) is 7.38. The summed E-state index contributed by atoms with van der Waals surface area (Å²) in [6, 6.07) is 0.0378.